The molecule has 0 radical (unpaired) electrons. The van der Waals surface area contributed by atoms with Crippen molar-refractivity contribution in [2.75, 3.05) is 10.7 Å². The van der Waals surface area contributed by atoms with Crippen molar-refractivity contribution in [2.24, 2.45) is 5.84 Å². The van der Waals surface area contributed by atoms with Crippen LogP contribution in [0.15, 0.2) is 16.7 Å². The van der Waals surface area contributed by atoms with Gasteiger partial charge in [-0.1, -0.05) is 0 Å². The predicted octanol–water partition coefficient (Wildman–Crippen LogP) is 2.19. The molecule has 0 atom stereocenters. The number of aryl methyl sites for hydroxylation is 2. The number of nitrogens with one attached hydrogen (secondary N) is 2. The predicted molar refractivity (Wildman–Crippen MR) is 78.5 cm³/mol. The molecule has 0 aliphatic heterocycles. The molecule has 0 bridgehead atoms. The lowest BCUT2D eigenvalue weighted by Gasteiger charge is -2.06. The van der Waals surface area contributed by atoms with Crippen molar-refractivity contribution in [2.45, 2.75) is 20.4 Å². The molecule has 0 unspecified atom stereocenters. The molecule has 4 N–H and O–H groups in total. The van der Waals surface area contributed by atoms with Gasteiger partial charge in [0.25, 0.3) is 0 Å². The van der Waals surface area contributed by atoms with Crippen LogP contribution in [0.5, 0.6) is 0 Å². The van der Waals surface area contributed by atoms with Gasteiger partial charge in [-0.15, -0.1) is 11.3 Å². The Balaban J connectivity index is 1.92. The number of anilines is 2. The SMILES string of the molecule is Cc1cnc(CNc2nc(NN)nc3sc(C)cc23)o1. The molecule has 0 aromatic carbocycles. The number of thiophene rings is 1. The Hall–Kier alpha value is -2.19. The van der Waals surface area contributed by atoms with Gasteiger partial charge >= 0.3 is 0 Å². The van der Waals surface area contributed by atoms with E-state index >= 15 is 0 Å². The fraction of sp³-hybridized carbons (Fsp3) is 0.250. The van der Waals surface area contributed by atoms with Gasteiger partial charge in [-0.05, 0) is 19.9 Å². The summed E-state index contributed by atoms with van der Waals surface area (Å²) >= 11 is 1.60. The molecule has 104 valence electrons. The van der Waals surface area contributed by atoms with Gasteiger partial charge in [-0.25, -0.2) is 15.8 Å². The first-order valence-electron chi connectivity index (χ1n) is 6.05. The minimum absolute atomic E-state index is 0.380. The van der Waals surface area contributed by atoms with E-state index < -0.39 is 0 Å². The van der Waals surface area contributed by atoms with Crippen molar-refractivity contribution in [3.63, 3.8) is 0 Å². The molecule has 3 aromatic rings. The molecule has 0 fully saturated rings. The lowest BCUT2D eigenvalue weighted by atomic mass is 10.3. The number of nitrogens with zero attached hydrogens (tertiary/aromatic N) is 3. The second-order valence-corrected chi connectivity index (χ2v) is 5.57. The summed E-state index contributed by atoms with van der Waals surface area (Å²) in [5, 5.41) is 4.18. The summed E-state index contributed by atoms with van der Waals surface area (Å²) in [6.45, 7) is 4.35. The van der Waals surface area contributed by atoms with Gasteiger partial charge in [-0.3, -0.25) is 5.43 Å². The monoisotopic (exact) mass is 290 g/mol. The molecular weight excluding hydrogens is 276 g/mol. The fourth-order valence-electron chi connectivity index (χ4n) is 1.88. The van der Waals surface area contributed by atoms with Crippen molar-refractivity contribution in [1.82, 2.24) is 15.0 Å². The standard InChI is InChI=1S/C12H14N6OS/c1-6-4-14-9(19-6)5-15-10-8-3-7(2)20-11(8)17-12(16-10)18-13/h3-4H,5,13H2,1-2H3,(H2,15,16,17,18). The van der Waals surface area contributed by atoms with Crippen LogP contribution in [0, 0.1) is 13.8 Å². The first kappa shape index (κ1) is 12.8. The number of hydrogen-bond acceptors (Lipinski definition) is 8. The minimum atomic E-state index is 0.380. The number of nitrogens with two attached hydrogens (primary N) is 1. The lowest BCUT2D eigenvalue weighted by Crippen LogP contribution is -2.12. The largest absolute Gasteiger partial charge is 0.444 e. The van der Waals surface area contributed by atoms with E-state index in [1.165, 1.54) is 4.88 Å². The molecule has 0 aliphatic rings. The Morgan fingerprint density at radius 1 is 1.35 bits per heavy atom. The highest BCUT2D eigenvalue weighted by molar-refractivity contribution is 7.18. The van der Waals surface area contributed by atoms with Crippen molar-refractivity contribution in [3.8, 4) is 0 Å². The molecule has 3 heterocycles. The molecule has 0 amide bonds. The second kappa shape index (κ2) is 5.06. The highest BCUT2D eigenvalue weighted by Crippen LogP contribution is 2.29. The molecule has 3 aromatic heterocycles. The van der Waals surface area contributed by atoms with Crippen molar-refractivity contribution in [1.29, 1.82) is 0 Å². The zero-order valence-corrected chi connectivity index (χ0v) is 11.9. The van der Waals surface area contributed by atoms with Gasteiger partial charge in [-0.2, -0.15) is 4.98 Å². The van der Waals surface area contributed by atoms with Crippen molar-refractivity contribution < 1.29 is 4.42 Å². The molecular formula is C12H14N6OS. The topological polar surface area (TPSA) is 102 Å². The van der Waals surface area contributed by atoms with E-state index in [2.05, 4.69) is 25.7 Å². The van der Waals surface area contributed by atoms with Gasteiger partial charge in [0.1, 0.15) is 16.4 Å². The second-order valence-electron chi connectivity index (χ2n) is 4.33. The van der Waals surface area contributed by atoms with Gasteiger partial charge in [0.2, 0.25) is 11.8 Å². The molecule has 0 aliphatic carbocycles. The summed E-state index contributed by atoms with van der Waals surface area (Å²) in [5.41, 5.74) is 2.48. The third-order valence-corrected chi connectivity index (χ3v) is 3.67. The highest BCUT2D eigenvalue weighted by atomic mass is 32.1. The van der Waals surface area contributed by atoms with Gasteiger partial charge < -0.3 is 9.73 Å². The van der Waals surface area contributed by atoms with E-state index in [1.54, 1.807) is 17.5 Å². The maximum Gasteiger partial charge on any atom is 0.240 e. The normalized spacial score (nSPS) is 10.9. The number of rotatable bonds is 4. The number of hydrogen-bond donors (Lipinski definition) is 3. The zero-order chi connectivity index (χ0) is 14.1. The van der Waals surface area contributed by atoms with Crippen molar-refractivity contribution in [3.05, 3.63) is 28.8 Å². The van der Waals surface area contributed by atoms with Crippen molar-refractivity contribution >= 4 is 33.3 Å². The van der Waals surface area contributed by atoms with Crippen LogP contribution >= 0.6 is 11.3 Å². The van der Waals surface area contributed by atoms with E-state index in [4.69, 9.17) is 10.3 Å². The van der Waals surface area contributed by atoms with Crippen LogP contribution in [0.25, 0.3) is 10.2 Å². The van der Waals surface area contributed by atoms with Gasteiger partial charge in [0.15, 0.2) is 0 Å². The smallest absolute Gasteiger partial charge is 0.240 e. The molecule has 0 spiro atoms. The van der Waals surface area contributed by atoms with Crippen LogP contribution < -0.4 is 16.6 Å². The fourth-order valence-corrected chi connectivity index (χ4v) is 2.76. The first-order chi connectivity index (χ1) is 9.65. The minimum Gasteiger partial charge on any atom is -0.444 e. The number of hydrazine groups is 1. The van der Waals surface area contributed by atoms with E-state index in [-0.39, 0.29) is 0 Å². The third kappa shape index (κ3) is 2.43. The van der Waals surface area contributed by atoms with Crippen LogP contribution in [0.1, 0.15) is 16.5 Å². The summed E-state index contributed by atoms with van der Waals surface area (Å²) in [7, 11) is 0. The summed E-state index contributed by atoms with van der Waals surface area (Å²) in [5.74, 6) is 7.89. The molecule has 20 heavy (non-hydrogen) atoms. The molecule has 7 nitrogen and oxygen atoms in total. The highest BCUT2D eigenvalue weighted by Gasteiger charge is 2.11. The van der Waals surface area contributed by atoms with Crippen LogP contribution in [-0.2, 0) is 6.54 Å². The van der Waals surface area contributed by atoms with E-state index in [0.717, 1.165) is 16.0 Å². The number of fused-ring (bicyclic) bond motifs is 1. The van der Waals surface area contributed by atoms with Gasteiger partial charge in [0.05, 0.1) is 18.1 Å². The molecule has 0 saturated heterocycles. The Bertz CT molecular complexity index is 750. The first-order valence-corrected chi connectivity index (χ1v) is 6.87. The average Bonchev–Trinajstić information content (AvgIpc) is 3.00. The number of oxazole rings is 1. The maximum atomic E-state index is 5.42. The third-order valence-electron chi connectivity index (χ3n) is 2.72. The Morgan fingerprint density at radius 3 is 2.90 bits per heavy atom. The average molecular weight is 290 g/mol. The summed E-state index contributed by atoms with van der Waals surface area (Å²) in [4.78, 5) is 14.9. The van der Waals surface area contributed by atoms with Crippen LogP contribution in [-0.4, -0.2) is 15.0 Å². The summed E-state index contributed by atoms with van der Waals surface area (Å²) < 4.78 is 5.42. The van der Waals surface area contributed by atoms with Crippen LogP contribution in [0.4, 0.5) is 11.8 Å². The Kier molecular flexibility index (Phi) is 3.25. The molecule has 0 saturated carbocycles. The zero-order valence-electron chi connectivity index (χ0n) is 11.1. The molecule has 8 heteroatoms. The van der Waals surface area contributed by atoms with Crippen LogP contribution in [0.3, 0.4) is 0 Å². The summed E-state index contributed by atoms with van der Waals surface area (Å²) in [6, 6.07) is 2.05. The number of aromatic nitrogens is 3. The molecule has 3 rings (SSSR count). The van der Waals surface area contributed by atoms with E-state index in [9.17, 15) is 0 Å². The van der Waals surface area contributed by atoms with E-state index in [1.807, 2.05) is 19.9 Å². The quantitative estimate of drug-likeness (QED) is 0.500. The lowest BCUT2D eigenvalue weighted by molar-refractivity contribution is 0.479. The summed E-state index contributed by atoms with van der Waals surface area (Å²) in [6.07, 6.45) is 1.69. The van der Waals surface area contributed by atoms with E-state index in [0.29, 0.717) is 24.2 Å². The Morgan fingerprint density at radius 2 is 2.20 bits per heavy atom. The number of nitrogen functional groups attached to an aromatic ring is 1. The maximum absolute atomic E-state index is 5.42. The van der Waals surface area contributed by atoms with Crippen LogP contribution in [0.2, 0.25) is 0 Å². The van der Waals surface area contributed by atoms with Gasteiger partial charge in [0, 0.05) is 4.88 Å². The Labute approximate surface area is 119 Å².